The molecule has 1 saturated carbocycles. The van der Waals surface area contributed by atoms with Gasteiger partial charge in [0.1, 0.15) is 17.2 Å². The van der Waals surface area contributed by atoms with Gasteiger partial charge in [-0.2, -0.15) is 0 Å². The van der Waals surface area contributed by atoms with Crippen LogP contribution >= 0.6 is 23.1 Å². The minimum absolute atomic E-state index is 0.669. The molecule has 3 rings (SSSR count). The molecule has 0 unspecified atom stereocenters. The third kappa shape index (κ3) is 3.63. The zero-order valence-electron chi connectivity index (χ0n) is 10.7. The van der Waals surface area contributed by atoms with Gasteiger partial charge in [0, 0.05) is 30.0 Å². The molecule has 0 radical (unpaired) electrons. The van der Waals surface area contributed by atoms with E-state index < -0.39 is 0 Å². The summed E-state index contributed by atoms with van der Waals surface area (Å²) in [6, 6.07) is 2.07. The molecule has 1 aliphatic rings. The Hall–Kier alpha value is -1.21. The lowest BCUT2D eigenvalue weighted by atomic mass is 10.3. The van der Waals surface area contributed by atoms with Crippen LogP contribution in [0.1, 0.15) is 29.5 Å². The Kier molecular flexibility index (Phi) is 3.93. The lowest BCUT2D eigenvalue weighted by Gasteiger charge is -2.05. The van der Waals surface area contributed by atoms with Gasteiger partial charge in [-0.15, -0.1) is 10.2 Å². The third-order valence-electron chi connectivity index (χ3n) is 2.83. The molecule has 0 aliphatic heterocycles. The fraction of sp³-hybridized carbons (Fsp3) is 0.500. The number of aromatic nitrogens is 4. The van der Waals surface area contributed by atoms with Gasteiger partial charge in [0.25, 0.3) is 0 Å². The molecular formula is C12H15N5S2. The van der Waals surface area contributed by atoms with Crippen LogP contribution in [0.2, 0.25) is 0 Å². The first-order chi connectivity index (χ1) is 9.31. The maximum absolute atomic E-state index is 4.31. The van der Waals surface area contributed by atoms with E-state index in [9.17, 15) is 0 Å². The van der Waals surface area contributed by atoms with E-state index >= 15 is 0 Å². The van der Waals surface area contributed by atoms with E-state index in [2.05, 4.69) is 31.5 Å². The molecule has 2 aromatic rings. The van der Waals surface area contributed by atoms with E-state index in [4.69, 9.17) is 0 Å². The van der Waals surface area contributed by atoms with Crippen LogP contribution < -0.4 is 5.32 Å². The van der Waals surface area contributed by atoms with Crippen molar-refractivity contribution in [2.45, 2.75) is 30.0 Å². The van der Waals surface area contributed by atoms with E-state index in [-0.39, 0.29) is 0 Å². The minimum Gasteiger partial charge on any atom is -0.369 e. The minimum atomic E-state index is 0.669. The number of rotatable bonds is 6. The van der Waals surface area contributed by atoms with Crippen molar-refractivity contribution >= 4 is 28.9 Å². The number of hydrogen-bond acceptors (Lipinski definition) is 7. The Bertz CT molecular complexity index is 553. The van der Waals surface area contributed by atoms with Crippen molar-refractivity contribution in [1.29, 1.82) is 0 Å². The van der Waals surface area contributed by atoms with Gasteiger partial charge in [0.2, 0.25) is 0 Å². The Morgan fingerprint density at radius 2 is 2.26 bits per heavy atom. The van der Waals surface area contributed by atoms with Crippen LogP contribution in [0.4, 0.5) is 5.82 Å². The summed E-state index contributed by atoms with van der Waals surface area (Å²) in [7, 11) is 0. The van der Waals surface area contributed by atoms with Crippen molar-refractivity contribution in [1.82, 2.24) is 20.2 Å². The highest BCUT2D eigenvalue weighted by Gasteiger charge is 2.25. The van der Waals surface area contributed by atoms with Crippen molar-refractivity contribution in [3.05, 3.63) is 23.1 Å². The Labute approximate surface area is 120 Å². The average Bonchev–Trinajstić information content (AvgIpc) is 3.19. The van der Waals surface area contributed by atoms with Crippen LogP contribution in [0, 0.1) is 6.92 Å². The van der Waals surface area contributed by atoms with E-state index in [1.165, 1.54) is 18.5 Å². The van der Waals surface area contributed by atoms with Gasteiger partial charge in [0.05, 0.1) is 0 Å². The number of nitrogens with one attached hydrogen (secondary N) is 1. The van der Waals surface area contributed by atoms with Crippen LogP contribution in [0.25, 0.3) is 0 Å². The predicted octanol–water partition coefficient (Wildman–Crippen LogP) is 2.72. The molecule has 0 spiro atoms. The summed E-state index contributed by atoms with van der Waals surface area (Å²) >= 11 is 3.36. The highest BCUT2D eigenvalue weighted by Crippen LogP contribution is 2.39. The van der Waals surface area contributed by atoms with Crippen LogP contribution in [0.5, 0.6) is 0 Å². The monoisotopic (exact) mass is 293 g/mol. The summed E-state index contributed by atoms with van der Waals surface area (Å²) in [5, 5.41) is 12.4. The first kappa shape index (κ1) is 12.8. The van der Waals surface area contributed by atoms with Gasteiger partial charge in [-0.1, -0.05) is 23.1 Å². The quantitative estimate of drug-likeness (QED) is 0.652. The van der Waals surface area contributed by atoms with Crippen LogP contribution in [0.15, 0.2) is 16.7 Å². The van der Waals surface area contributed by atoms with E-state index in [0.717, 1.165) is 27.5 Å². The van der Waals surface area contributed by atoms with E-state index in [1.807, 2.05) is 6.92 Å². The lowest BCUT2D eigenvalue weighted by molar-refractivity contribution is 0.978. The highest BCUT2D eigenvalue weighted by molar-refractivity contribution is 8.01. The number of aryl methyl sites for hydroxylation is 1. The molecule has 1 aliphatic carbocycles. The summed E-state index contributed by atoms with van der Waals surface area (Å²) in [6.45, 7) is 2.84. The molecule has 1 N–H and O–H groups in total. The van der Waals surface area contributed by atoms with Gasteiger partial charge < -0.3 is 5.32 Å². The van der Waals surface area contributed by atoms with Crippen molar-refractivity contribution in [3.8, 4) is 0 Å². The molecule has 2 aromatic heterocycles. The molecule has 0 aromatic carbocycles. The zero-order valence-corrected chi connectivity index (χ0v) is 12.3. The average molecular weight is 293 g/mol. The molecule has 0 saturated heterocycles. The first-order valence-electron chi connectivity index (χ1n) is 6.30. The molecule has 100 valence electrons. The molecule has 7 heteroatoms. The number of nitrogens with zero attached hydrogens (tertiary/aromatic N) is 4. The van der Waals surface area contributed by atoms with Gasteiger partial charge in [-0.3, -0.25) is 0 Å². The smallest absolute Gasteiger partial charge is 0.174 e. The normalized spacial score (nSPS) is 14.6. The van der Waals surface area contributed by atoms with Crippen LogP contribution in [-0.2, 0) is 0 Å². The SMILES string of the molecule is Cc1nnc(SCCNc2cc(C3CC3)ncn2)s1. The van der Waals surface area contributed by atoms with Crippen molar-refractivity contribution in [2.75, 3.05) is 17.6 Å². The molecular weight excluding hydrogens is 278 g/mol. The molecule has 0 bridgehead atoms. The summed E-state index contributed by atoms with van der Waals surface area (Å²) < 4.78 is 1.03. The summed E-state index contributed by atoms with van der Waals surface area (Å²) in [5.41, 5.74) is 1.17. The summed E-state index contributed by atoms with van der Waals surface area (Å²) in [6.07, 6.45) is 4.18. The van der Waals surface area contributed by atoms with Gasteiger partial charge in [-0.25, -0.2) is 9.97 Å². The van der Waals surface area contributed by atoms with Crippen LogP contribution in [-0.4, -0.2) is 32.5 Å². The third-order valence-corrected chi connectivity index (χ3v) is 4.80. The van der Waals surface area contributed by atoms with Crippen molar-refractivity contribution in [3.63, 3.8) is 0 Å². The van der Waals surface area contributed by atoms with Crippen LogP contribution in [0.3, 0.4) is 0 Å². The summed E-state index contributed by atoms with van der Waals surface area (Å²) in [5.74, 6) is 2.55. The van der Waals surface area contributed by atoms with E-state index in [1.54, 1.807) is 29.4 Å². The van der Waals surface area contributed by atoms with Crippen molar-refractivity contribution < 1.29 is 0 Å². The molecule has 1 fully saturated rings. The zero-order chi connectivity index (χ0) is 13.1. The van der Waals surface area contributed by atoms with Crippen molar-refractivity contribution in [2.24, 2.45) is 0 Å². The maximum atomic E-state index is 4.31. The Balaban J connectivity index is 1.45. The molecule has 5 nitrogen and oxygen atoms in total. The highest BCUT2D eigenvalue weighted by atomic mass is 32.2. The second-order valence-corrected chi connectivity index (χ2v) is 6.99. The number of thioether (sulfide) groups is 1. The second-order valence-electron chi connectivity index (χ2n) is 4.46. The maximum Gasteiger partial charge on any atom is 0.174 e. The lowest BCUT2D eigenvalue weighted by Crippen LogP contribution is -2.06. The number of hydrogen-bond donors (Lipinski definition) is 1. The fourth-order valence-electron chi connectivity index (χ4n) is 1.73. The largest absolute Gasteiger partial charge is 0.369 e. The van der Waals surface area contributed by atoms with E-state index in [0.29, 0.717) is 5.92 Å². The first-order valence-corrected chi connectivity index (χ1v) is 8.10. The number of anilines is 1. The molecule has 0 amide bonds. The summed E-state index contributed by atoms with van der Waals surface area (Å²) in [4.78, 5) is 8.55. The standard InChI is InChI=1S/C12H15N5S2/c1-8-16-17-12(19-8)18-5-4-13-11-6-10(9-2-3-9)14-7-15-11/h6-7,9H,2-5H2,1H3,(H,13,14,15). The predicted molar refractivity (Wildman–Crippen MR) is 77.9 cm³/mol. The van der Waals surface area contributed by atoms with Gasteiger partial charge >= 0.3 is 0 Å². The Morgan fingerprint density at radius 1 is 1.37 bits per heavy atom. The second kappa shape index (κ2) is 5.83. The topological polar surface area (TPSA) is 63.6 Å². The molecule has 0 atom stereocenters. The van der Waals surface area contributed by atoms with Gasteiger partial charge in [-0.05, 0) is 19.8 Å². The Morgan fingerprint density at radius 3 is 3.00 bits per heavy atom. The fourth-order valence-corrected chi connectivity index (χ4v) is 3.47. The molecule has 2 heterocycles. The molecule has 19 heavy (non-hydrogen) atoms. The van der Waals surface area contributed by atoms with Gasteiger partial charge in [0.15, 0.2) is 4.34 Å².